The molecule has 1 aromatic carbocycles. The number of nitriles is 1. The maximum absolute atomic E-state index is 14.5. The molecule has 4 rings (SSSR count). The molecule has 2 atom stereocenters. The highest BCUT2D eigenvalue weighted by Gasteiger charge is 2.55. The van der Waals surface area contributed by atoms with E-state index in [4.69, 9.17) is 4.74 Å². The smallest absolute Gasteiger partial charge is 0.164 e. The lowest BCUT2D eigenvalue weighted by Gasteiger charge is -2.23. The van der Waals surface area contributed by atoms with Crippen molar-refractivity contribution in [1.82, 2.24) is 9.78 Å². The summed E-state index contributed by atoms with van der Waals surface area (Å²) in [6.07, 6.45) is 4.16. The second-order valence-electron chi connectivity index (χ2n) is 5.83. The molecule has 5 nitrogen and oxygen atoms in total. The molecule has 1 fully saturated rings. The third-order valence-corrected chi connectivity index (χ3v) is 4.41. The van der Waals surface area contributed by atoms with Crippen LogP contribution in [-0.4, -0.2) is 21.6 Å². The number of rotatable bonds is 1. The van der Waals surface area contributed by atoms with E-state index in [9.17, 15) is 9.65 Å². The van der Waals surface area contributed by atoms with Crippen LogP contribution in [0.5, 0.6) is 5.75 Å². The van der Waals surface area contributed by atoms with Gasteiger partial charge in [0.25, 0.3) is 0 Å². The van der Waals surface area contributed by atoms with Gasteiger partial charge in [0.15, 0.2) is 5.75 Å². The van der Waals surface area contributed by atoms with Crippen LogP contribution in [0.15, 0.2) is 23.3 Å². The topological polar surface area (TPSA) is 63.2 Å². The highest BCUT2D eigenvalue weighted by Crippen LogP contribution is 2.52. The first-order chi connectivity index (χ1) is 10.6. The molecule has 110 valence electrons. The van der Waals surface area contributed by atoms with Crippen molar-refractivity contribution < 1.29 is 9.13 Å². The molecular weight excluding hydrogens is 283 g/mol. The summed E-state index contributed by atoms with van der Waals surface area (Å²) in [6, 6.07) is 5.07. The van der Waals surface area contributed by atoms with Crippen molar-refractivity contribution in [1.29, 1.82) is 5.26 Å². The fraction of sp³-hybridized carbons (Fsp3) is 0.312. The van der Waals surface area contributed by atoms with Crippen molar-refractivity contribution in [2.24, 2.45) is 18.0 Å². The van der Waals surface area contributed by atoms with Crippen LogP contribution in [0, 0.1) is 23.1 Å². The molecule has 0 N–H and O–H groups in total. The Bertz CT molecular complexity index is 864. The van der Waals surface area contributed by atoms with Gasteiger partial charge in [0, 0.05) is 31.4 Å². The van der Waals surface area contributed by atoms with E-state index in [1.54, 1.807) is 25.5 Å². The van der Waals surface area contributed by atoms with E-state index in [0.717, 1.165) is 6.42 Å². The van der Waals surface area contributed by atoms with Crippen LogP contribution in [0.3, 0.4) is 0 Å². The normalized spacial score (nSPS) is 24.7. The number of aromatic nitrogens is 2. The fourth-order valence-corrected chi connectivity index (χ4v) is 2.93. The lowest BCUT2D eigenvalue weighted by Crippen LogP contribution is -2.25. The summed E-state index contributed by atoms with van der Waals surface area (Å²) in [4.78, 5) is 4.31. The molecule has 2 unspecified atom stereocenters. The minimum atomic E-state index is -0.501. The van der Waals surface area contributed by atoms with Gasteiger partial charge < -0.3 is 4.74 Å². The molecular formula is C16H13FN4O. The maximum Gasteiger partial charge on any atom is 0.164 e. The number of aliphatic imine (C=N–C) groups is 1. The second kappa shape index (κ2) is 4.17. The number of hydrogen-bond donors (Lipinski definition) is 0. The van der Waals surface area contributed by atoms with Crippen LogP contribution in [0.1, 0.15) is 18.9 Å². The monoisotopic (exact) mass is 296 g/mol. The number of benzene rings is 1. The van der Waals surface area contributed by atoms with Crippen molar-refractivity contribution in [2.45, 2.75) is 18.9 Å². The van der Waals surface area contributed by atoms with Crippen LogP contribution < -0.4 is 4.74 Å². The van der Waals surface area contributed by atoms with Crippen molar-refractivity contribution in [3.05, 3.63) is 29.7 Å². The number of fused-ring (bicyclic) bond motifs is 1. The van der Waals surface area contributed by atoms with Crippen molar-refractivity contribution in [3.8, 4) is 23.1 Å². The van der Waals surface area contributed by atoms with Crippen LogP contribution in [0.4, 0.5) is 10.1 Å². The number of halogens is 1. The number of hydrogen-bond acceptors (Lipinski definition) is 4. The van der Waals surface area contributed by atoms with Crippen LogP contribution in [0.2, 0.25) is 0 Å². The van der Waals surface area contributed by atoms with Crippen LogP contribution >= 0.6 is 0 Å². The minimum Gasteiger partial charge on any atom is -0.478 e. The molecule has 0 amide bonds. The third-order valence-electron chi connectivity index (χ3n) is 4.41. The summed E-state index contributed by atoms with van der Waals surface area (Å²) in [5.41, 5.74) is 0.855. The molecule has 0 saturated heterocycles. The van der Waals surface area contributed by atoms with Gasteiger partial charge in [-0.1, -0.05) is 6.92 Å². The lowest BCUT2D eigenvalue weighted by atomic mass is 10.0. The quantitative estimate of drug-likeness (QED) is 0.812. The van der Waals surface area contributed by atoms with E-state index < -0.39 is 11.4 Å². The molecule has 2 aromatic rings. The van der Waals surface area contributed by atoms with Crippen molar-refractivity contribution in [2.75, 3.05) is 0 Å². The summed E-state index contributed by atoms with van der Waals surface area (Å²) in [5.74, 6) is 0.215. The van der Waals surface area contributed by atoms with Gasteiger partial charge in [-0.3, -0.25) is 9.67 Å². The number of aryl methyl sites for hydroxylation is 1. The van der Waals surface area contributed by atoms with Gasteiger partial charge in [-0.2, -0.15) is 10.4 Å². The average Bonchev–Trinajstić information content (AvgIpc) is 2.90. The van der Waals surface area contributed by atoms with E-state index in [-0.39, 0.29) is 11.1 Å². The Morgan fingerprint density at radius 1 is 1.55 bits per heavy atom. The van der Waals surface area contributed by atoms with E-state index in [0.29, 0.717) is 23.0 Å². The molecule has 1 aromatic heterocycles. The minimum absolute atomic E-state index is 0.175. The first-order valence-electron chi connectivity index (χ1n) is 7.05. The zero-order valence-corrected chi connectivity index (χ0v) is 12.2. The van der Waals surface area contributed by atoms with Gasteiger partial charge in [0.2, 0.25) is 0 Å². The molecule has 1 aliphatic carbocycles. The summed E-state index contributed by atoms with van der Waals surface area (Å²) in [7, 11) is 1.71. The fourth-order valence-electron chi connectivity index (χ4n) is 2.93. The molecule has 1 spiro atoms. The SMILES string of the molecule is CC1CC12C=Nc1cc(F)c(-c3ccnn3C)c(C#N)c1O2. The standard InChI is InChI=1S/C16H13FN4O/c1-9-6-16(9)8-19-12-5-11(17)14(10(7-18)15(12)22-16)13-3-4-20-21(13)2/h3-5,8-9H,6H2,1-2H3. The largest absolute Gasteiger partial charge is 0.478 e. The maximum atomic E-state index is 14.5. The third kappa shape index (κ3) is 1.62. The Morgan fingerprint density at radius 2 is 2.32 bits per heavy atom. The Balaban J connectivity index is 1.96. The highest BCUT2D eigenvalue weighted by atomic mass is 19.1. The van der Waals surface area contributed by atoms with Crippen molar-refractivity contribution in [3.63, 3.8) is 0 Å². The van der Waals surface area contributed by atoms with Crippen molar-refractivity contribution >= 4 is 11.9 Å². The molecule has 2 heterocycles. The van der Waals surface area contributed by atoms with Gasteiger partial charge in [-0.25, -0.2) is 4.39 Å². The second-order valence-corrected chi connectivity index (χ2v) is 5.83. The predicted molar refractivity (Wildman–Crippen MR) is 78.6 cm³/mol. The van der Waals surface area contributed by atoms with Gasteiger partial charge in [-0.15, -0.1) is 0 Å². The molecule has 1 saturated carbocycles. The average molecular weight is 296 g/mol. The molecule has 22 heavy (non-hydrogen) atoms. The van der Waals surface area contributed by atoms with Gasteiger partial charge in [0.05, 0.1) is 11.3 Å². The van der Waals surface area contributed by atoms with E-state index in [2.05, 4.69) is 23.1 Å². The zero-order chi connectivity index (χ0) is 15.5. The first-order valence-corrected chi connectivity index (χ1v) is 7.05. The Labute approximate surface area is 126 Å². The summed E-state index contributed by atoms with van der Waals surface area (Å²) in [5, 5.41) is 13.6. The number of nitrogens with zero attached hydrogens (tertiary/aromatic N) is 4. The predicted octanol–water partition coefficient (Wildman–Crippen LogP) is 2.97. The Hall–Kier alpha value is -2.68. The van der Waals surface area contributed by atoms with E-state index in [1.165, 1.54) is 10.7 Å². The number of ether oxygens (including phenoxy) is 1. The Morgan fingerprint density at radius 3 is 2.91 bits per heavy atom. The molecule has 0 radical (unpaired) electrons. The lowest BCUT2D eigenvalue weighted by molar-refractivity contribution is 0.233. The van der Waals surface area contributed by atoms with Crippen LogP contribution in [0.25, 0.3) is 11.3 Å². The highest BCUT2D eigenvalue weighted by molar-refractivity contribution is 5.85. The van der Waals surface area contributed by atoms with Gasteiger partial charge in [-0.05, 0) is 12.5 Å². The van der Waals surface area contributed by atoms with Crippen LogP contribution in [-0.2, 0) is 7.05 Å². The first kappa shape index (κ1) is 13.0. The molecule has 0 bridgehead atoms. The summed E-state index contributed by atoms with van der Waals surface area (Å²) < 4.78 is 22.1. The molecule has 2 aliphatic rings. The summed E-state index contributed by atoms with van der Waals surface area (Å²) in [6.45, 7) is 2.06. The Kier molecular flexibility index (Phi) is 2.46. The molecule has 6 heteroatoms. The van der Waals surface area contributed by atoms with Gasteiger partial charge >= 0.3 is 0 Å². The summed E-state index contributed by atoms with van der Waals surface area (Å²) >= 11 is 0. The molecule has 1 aliphatic heterocycles. The van der Waals surface area contributed by atoms with E-state index in [1.807, 2.05) is 0 Å². The van der Waals surface area contributed by atoms with Gasteiger partial charge in [0.1, 0.15) is 28.7 Å². The zero-order valence-electron chi connectivity index (χ0n) is 12.2. The van der Waals surface area contributed by atoms with E-state index >= 15 is 0 Å².